The summed E-state index contributed by atoms with van der Waals surface area (Å²) in [5, 5.41) is 10.1. The molecule has 7 nitrogen and oxygen atoms in total. The van der Waals surface area contributed by atoms with Crippen LogP contribution in [0.3, 0.4) is 0 Å². The van der Waals surface area contributed by atoms with Crippen LogP contribution in [0.25, 0.3) is 0 Å². The van der Waals surface area contributed by atoms with E-state index in [-0.39, 0.29) is 11.5 Å². The van der Waals surface area contributed by atoms with Crippen molar-refractivity contribution in [2.45, 2.75) is 19.1 Å². The van der Waals surface area contributed by atoms with E-state index in [1.54, 1.807) is 36.4 Å². The molecule has 2 rings (SSSR count). The summed E-state index contributed by atoms with van der Waals surface area (Å²) < 4.78 is 14.7. The minimum atomic E-state index is -2.04. The standard InChI is InChI=1S/C18H16O7/c1-12(19)23-16(18(22)25-14-10-6-3-7-11-14)15(20)17(21)24-13-8-4-2-5-9-13/h2-11,15-16,20H,1H3. The van der Waals surface area contributed by atoms with Gasteiger partial charge >= 0.3 is 17.9 Å². The fourth-order valence-electron chi connectivity index (χ4n) is 1.87. The van der Waals surface area contributed by atoms with Crippen LogP contribution in [-0.4, -0.2) is 35.2 Å². The van der Waals surface area contributed by atoms with E-state index in [0.29, 0.717) is 0 Å². The Morgan fingerprint density at radius 1 is 0.800 bits per heavy atom. The predicted octanol–water partition coefficient (Wildman–Crippen LogP) is 1.49. The van der Waals surface area contributed by atoms with Gasteiger partial charge in [0.25, 0.3) is 0 Å². The van der Waals surface area contributed by atoms with Crippen molar-refractivity contribution in [3.63, 3.8) is 0 Å². The molecule has 0 amide bonds. The second-order valence-electron chi connectivity index (χ2n) is 4.94. The first kappa shape index (κ1) is 18.2. The molecule has 0 fully saturated rings. The van der Waals surface area contributed by atoms with Gasteiger partial charge in [0, 0.05) is 6.92 Å². The molecule has 0 saturated carbocycles. The Balaban J connectivity index is 2.10. The topological polar surface area (TPSA) is 99.1 Å². The van der Waals surface area contributed by atoms with Gasteiger partial charge < -0.3 is 19.3 Å². The molecule has 0 aliphatic rings. The maximum atomic E-state index is 12.2. The number of aliphatic hydroxyl groups excluding tert-OH is 1. The van der Waals surface area contributed by atoms with E-state index in [2.05, 4.69) is 0 Å². The molecule has 2 aromatic carbocycles. The molecule has 0 bridgehead atoms. The maximum Gasteiger partial charge on any atom is 0.356 e. The molecule has 25 heavy (non-hydrogen) atoms. The number of carbonyl (C=O) groups excluding carboxylic acids is 3. The lowest BCUT2D eigenvalue weighted by atomic mass is 10.2. The molecule has 0 aliphatic heterocycles. The summed E-state index contributed by atoms with van der Waals surface area (Å²) in [7, 11) is 0. The van der Waals surface area contributed by atoms with Gasteiger partial charge in [0.2, 0.25) is 12.2 Å². The summed E-state index contributed by atoms with van der Waals surface area (Å²) >= 11 is 0. The monoisotopic (exact) mass is 344 g/mol. The Labute approximate surface area is 143 Å². The highest BCUT2D eigenvalue weighted by atomic mass is 16.6. The number of hydrogen-bond acceptors (Lipinski definition) is 7. The van der Waals surface area contributed by atoms with Crippen molar-refractivity contribution in [2.24, 2.45) is 0 Å². The zero-order valence-electron chi connectivity index (χ0n) is 13.3. The van der Waals surface area contributed by atoms with E-state index in [1.165, 1.54) is 24.3 Å². The summed E-state index contributed by atoms with van der Waals surface area (Å²) in [6.45, 7) is 1.04. The lowest BCUT2D eigenvalue weighted by Gasteiger charge is -2.19. The van der Waals surface area contributed by atoms with Crippen molar-refractivity contribution < 1.29 is 33.7 Å². The molecule has 0 heterocycles. The molecule has 0 aliphatic carbocycles. The van der Waals surface area contributed by atoms with Gasteiger partial charge in [-0.2, -0.15) is 0 Å². The quantitative estimate of drug-likeness (QED) is 0.626. The van der Waals surface area contributed by atoms with Crippen LogP contribution in [0.15, 0.2) is 60.7 Å². The van der Waals surface area contributed by atoms with Gasteiger partial charge in [-0.1, -0.05) is 36.4 Å². The van der Waals surface area contributed by atoms with Gasteiger partial charge in [-0.25, -0.2) is 9.59 Å². The van der Waals surface area contributed by atoms with Crippen molar-refractivity contribution in [1.82, 2.24) is 0 Å². The van der Waals surface area contributed by atoms with Crippen LogP contribution in [0, 0.1) is 0 Å². The van der Waals surface area contributed by atoms with Gasteiger partial charge in [-0.15, -0.1) is 0 Å². The van der Waals surface area contributed by atoms with Gasteiger partial charge in [0.15, 0.2) is 0 Å². The second-order valence-corrected chi connectivity index (χ2v) is 4.94. The first-order valence-corrected chi connectivity index (χ1v) is 7.36. The molecule has 0 aromatic heterocycles. The van der Waals surface area contributed by atoms with Crippen LogP contribution in [0.2, 0.25) is 0 Å². The van der Waals surface area contributed by atoms with Crippen molar-refractivity contribution in [1.29, 1.82) is 0 Å². The highest BCUT2D eigenvalue weighted by molar-refractivity contribution is 5.89. The second kappa shape index (κ2) is 8.60. The number of aliphatic hydroxyl groups is 1. The predicted molar refractivity (Wildman–Crippen MR) is 85.7 cm³/mol. The van der Waals surface area contributed by atoms with Crippen LogP contribution >= 0.6 is 0 Å². The summed E-state index contributed by atoms with van der Waals surface area (Å²) in [5.74, 6) is -2.76. The number of benzene rings is 2. The molecule has 0 spiro atoms. The third kappa shape index (κ3) is 5.43. The summed E-state index contributed by atoms with van der Waals surface area (Å²) in [5.41, 5.74) is 0. The Bertz CT molecular complexity index is 728. The minimum Gasteiger partial charge on any atom is -0.447 e. The smallest absolute Gasteiger partial charge is 0.356 e. The van der Waals surface area contributed by atoms with Gasteiger partial charge in [-0.3, -0.25) is 4.79 Å². The third-order valence-corrected chi connectivity index (χ3v) is 2.98. The molecule has 0 saturated heterocycles. The van der Waals surface area contributed by atoms with Gasteiger partial charge in [0.05, 0.1) is 0 Å². The number of esters is 3. The molecule has 2 atom stereocenters. The average Bonchev–Trinajstić information content (AvgIpc) is 2.60. The largest absolute Gasteiger partial charge is 0.447 e. The molecule has 2 unspecified atom stereocenters. The van der Waals surface area contributed by atoms with E-state index in [0.717, 1.165) is 6.92 Å². The first-order valence-electron chi connectivity index (χ1n) is 7.36. The van der Waals surface area contributed by atoms with Crippen molar-refractivity contribution in [2.75, 3.05) is 0 Å². The zero-order valence-corrected chi connectivity index (χ0v) is 13.3. The van der Waals surface area contributed by atoms with E-state index in [4.69, 9.17) is 14.2 Å². The Kier molecular flexibility index (Phi) is 6.25. The number of para-hydroxylation sites is 2. The summed E-state index contributed by atoms with van der Waals surface area (Å²) in [6, 6.07) is 15.9. The highest BCUT2D eigenvalue weighted by Crippen LogP contribution is 2.15. The zero-order chi connectivity index (χ0) is 18.2. The molecule has 2 aromatic rings. The van der Waals surface area contributed by atoms with E-state index in [9.17, 15) is 19.5 Å². The molecule has 130 valence electrons. The Hall–Kier alpha value is -3.19. The van der Waals surface area contributed by atoms with Gasteiger partial charge in [0.1, 0.15) is 11.5 Å². The molecule has 0 radical (unpaired) electrons. The number of carbonyl (C=O) groups is 3. The van der Waals surface area contributed by atoms with Crippen molar-refractivity contribution >= 4 is 17.9 Å². The minimum absolute atomic E-state index is 0.171. The summed E-state index contributed by atoms with van der Waals surface area (Å²) in [4.78, 5) is 35.4. The van der Waals surface area contributed by atoms with Crippen LogP contribution in [-0.2, 0) is 19.1 Å². The molecular formula is C18H16O7. The molecular weight excluding hydrogens is 328 g/mol. The third-order valence-electron chi connectivity index (χ3n) is 2.98. The Morgan fingerprint density at radius 2 is 1.24 bits per heavy atom. The molecule has 7 heteroatoms. The lowest BCUT2D eigenvalue weighted by Crippen LogP contribution is -2.46. The van der Waals surface area contributed by atoms with E-state index in [1.807, 2.05) is 0 Å². The fraction of sp³-hybridized carbons (Fsp3) is 0.167. The highest BCUT2D eigenvalue weighted by Gasteiger charge is 2.38. The van der Waals surface area contributed by atoms with Crippen molar-refractivity contribution in [3.05, 3.63) is 60.7 Å². The maximum absolute atomic E-state index is 12.2. The van der Waals surface area contributed by atoms with E-state index >= 15 is 0 Å². The average molecular weight is 344 g/mol. The number of ether oxygens (including phenoxy) is 3. The van der Waals surface area contributed by atoms with Crippen LogP contribution in [0.5, 0.6) is 11.5 Å². The lowest BCUT2D eigenvalue weighted by molar-refractivity contribution is -0.175. The normalized spacial score (nSPS) is 12.6. The number of hydrogen-bond donors (Lipinski definition) is 1. The SMILES string of the molecule is CC(=O)OC(C(=O)Oc1ccccc1)C(O)C(=O)Oc1ccccc1. The fourth-order valence-corrected chi connectivity index (χ4v) is 1.87. The first-order chi connectivity index (χ1) is 12.0. The number of rotatable bonds is 6. The van der Waals surface area contributed by atoms with Crippen LogP contribution in [0.4, 0.5) is 0 Å². The van der Waals surface area contributed by atoms with E-state index < -0.39 is 30.1 Å². The van der Waals surface area contributed by atoms with Gasteiger partial charge in [-0.05, 0) is 24.3 Å². The van der Waals surface area contributed by atoms with Crippen LogP contribution in [0.1, 0.15) is 6.92 Å². The summed E-state index contributed by atoms with van der Waals surface area (Å²) in [6.07, 6.45) is -3.89. The Morgan fingerprint density at radius 3 is 1.68 bits per heavy atom. The van der Waals surface area contributed by atoms with Crippen LogP contribution < -0.4 is 9.47 Å². The van der Waals surface area contributed by atoms with Crippen molar-refractivity contribution in [3.8, 4) is 11.5 Å². The molecule has 1 N–H and O–H groups in total.